The monoisotopic (exact) mass is 616 g/mol. The Morgan fingerprint density at radius 2 is 0.975 bits per heavy atom. The molecule has 0 saturated carbocycles. The van der Waals surface area contributed by atoms with Crippen molar-refractivity contribution >= 4 is 28.3 Å². The Morgan fingerprint density at radius 3 is 1.27 bits per heavy atom. The van der Waals surface area contributed by atoms with Crippen molar-refractivity contribution in [2.45, 2.75) is 37.5 Å². The number of methoxy groups -OCH3 is 2. The zero-order valence-electron chi connectivity index (χ0n) is 22.7. The molecular formula is C26H37N2O9PS2. The zero-order valence-corrected chi connectivity index (χ0v) is 25.4. The molecule has 0 atom stereocenters. The SMILES string of the molecule is COc1ccc(C2CCN(S(=O)(=O)CO[PH](=O)OCS(=O)(=O)N3CCC(c4ccc(OC)cc4)CC3)CC2)cc1. The summed E-state index contributed by atoms with van der Waals surface area (Å²) in [6.07, 6.45) is 2.57. The molecule has 11 nitrogen and oxygen atoms in total. The van der Waals surface area contributed by atoms with Crippen LogP contribution in [0.25, 0.3) is 0 Å². The van der Waals surface area contributed by atoms with Gasteiger partial charge in [-0.1, -0.05) is 24.3 Å². The van der Waals surface area contributed by atoms with Crippen molar-refractivity contribution in [3.8, 4) is 11.5 Å². The second-order valence-corrected chi connectivity index (χ2v) is 14.8. The Kier molecular flexibility index (Phi) is 10.7. The average molecular weight is 617 g/mol. The first-order chi connectivity index (χ1) is 19.1. The molecule has 0 unspecified atom stereocenters. The Morgan fingerprint density at radius 1 is 0.650 bits per heavy atom. The van der Waals surface area contributed by atoms with Gasteiger partial charge in [-0.05, 0) is 72.9 Å². The number of ether oxygens (including phenoxy) is 2. The Bertz CT molecular complexity index is 1230. The van der Waals surface area contributed by atoms with E-state index in [9.17, 15) is 21.4 Å². The largest absolute Gasteiger partial charge is 0.497 e. The van der Waals surface area contributed by atoms with E-state index in [0.29, 0.717) is 51.9 Å². The summed E-state index contributed by atoms with van der Waals surface area (Å²) in [7, 11) is -7.80. The quantitative estimate of drug-likeness (QED) is 0.328. The molecule has 2 aliphatic heterocycles. The van der Waals surface area contributed by atoms with Crippen LogP contribution < -0.4 is 9.47 Å². The van der Waals surface area contributed by atoms with Gasteiger partial charge in [-0.3, -0.25) is 13.6 Å². The van der Waals surface area contributed by atoms with Gasteiger partial charge in [0.2, 0.25) is 20.0 Å². The third kappa shape index (κ3) is 8.06. The van der Waals surface area contributed by atoms with Gasteiger partial charge in [0.1, 0.15) is 11.5 Å². The second-order valence-electron chi connectivity index (χ2n) is 9.89. The molecule has 14 heteroatoms. The molecule has 0 radical (unpaired) electrons. The lowest BCUT2D eigenvalue weighted by atomic mass is 9.90. The fraction of sp³-hybridized carbons (Fsp3) is 0.538. The fourth-order valence-electron chi connectivity index (χ4n) is 5.12. The highest BCUT2D eigenvalue weighted by atomic mass is 32.2. The summed E-state index contributed by atoms with van der Waals surface area (Å²) >= 11 is 0. The maximum Gasteiger partial charge on any atom is 0.321 e. The Hall–Kier alpha value is -1.99. The summed E-state index contributed by atoms with van der Waals surface area (Å²) in [5, 5.41) is 0. The maximum atomic E-state index is 12.7. The number of piperidine rings is 2. The van der Waals surface area contributed by atoms with Gasteiger partial charge in [-0.15, -0.1) is 0 Å². The molecule has 2 heterocycles. The molecule has 222 valence electrons. The lowest BCUT2D eigenvalue weighted by Crippen LogP contribution is -2.39. The zero-order chi connectivity index (χ0) is 28.8. The molecule has 0 bridgehead atoms. The van der Waals surface area contributed by atoms with E-state index in [4.69, 9.17) is 18.5 Å². The van der Waals surface area contributed by atoms with Gasteiger partial charge in [0.15, 0.2) is 11.9 Å². The number of rotatable bonds is 12. The van der Waals surface area contributed by atoms with Crippen molar-refractivity contribution in [3.63, 3.8) is 0 Å². The lowest BCUT2D eigenvalue weighted by Gasteiger charge is -2.31. The molecular weight excluding hydrogens is 579 g/mol. The van der Waals surface area contributed by atoms with Crippen molar-refractivity contribution < 1.29 is 39.9 Å². The standard InChI is InChI=1S/C26H37N2O9PS2/c1-34-25-7-3-21(4-8-25)23-11-15-27(16-12-23)39(30,31)19-36-38(29)37-20-40(32,33)28-17-13-24(14-18-28)22-5-9-26(35-2)10-6-22/h3-10,23-24,38H,11-20H2,1-2H3. The Labute approximate surface area is 237 Å². The highest BCUT2D eigenvalue weighted by Crippen LogP contribution is 2.33. The van der Waals surface area contributed by atoms with E-state index < -0.39 is 40.2 Å². The summed E-state index contributed by atoms with van der Waals surface area (Å²) in [6, 6.07) is 15.5. The van der Waals surface area contributed by atoms with Crippen LogP contribution in [0.3, 0.4) is 0 Å². The number of hydrogen-bond acceptors (Lipinski definition) is 9. The van der Waals surface area contributed by atoms with Gasteiger partial charge < -0.3 is 9.47 Å². The highest BCUT2D eigenvalue weighted by Gasteiger charge is 2.31. The van der Waals surface area contributed by atoms with E-state index in [-0.39, 0.29) is 11.8 Å². The summed E-state index contributed by atoms with van der Waals surface area (Å²) in [5.41, 5.74) is 2.25. The van der Waals surface area contributed by atoms with E-state index in [0.717, 1.165) is 22.6 Å². The third-order valence-corrected chi connectivity index (χ3v) is 11.8. The van der Waals surface area contributed by atoms with Crippen molar-refractivity contribution in [2.75, 3.05) is 52.3 Å². The minimum Gasteiger partial charge on any atom is -0.497 e. The van der Waals surface area contributed by atoms with Crippen LogP contribution >= 0.6 is 8.25 Å². The average Bonchev–Trinajstić information content (AvgIpc) is 2.99. The maximum absolute atomic E-state index is 12.7. The van der Waals surface area contributed by atoms with Gasteiger partial charge in [0.25, 0.3) is 0 Å². The van der Waals surface area contributed by atoms with Crippen molar-refractivity contribution in [1.82, 2.24) is 8.61 Å². The van der Waals surface area contributed by atoms with Crippen LogP contribution in [0.2, 0.25) is 0 Å². The smallest absolute Gasteiger partial charge is 0.321 e. The molecule has 2 aromatic carbocycles. The van der Waals surface area contributed by atoms with Crippen molar-refractivity contribution in [3.05, 3.63) is 59.7 Å². The van der Waals surface area contributed by atoms with Crippen LogP contribution in [0.4, 0.5) is 0 Å². The molecule has 2 aliphatic rings. The lowest BCUT2D eigenvalue weighted by molar-refractivity contribution is 0.254. The van der Waals surface area contributed by atoms with Gasteiger partial charge in [-0.25, -0.2) is 16.8 Å². The predicted octanol–water partition coefficient (Wildman–Crippen LogP) is 3.76. The van der Waals surface area contributed by atoms with E-state index in [1.54, 1.807) is 14.2 Å². The van der Waals surface area contributed by atoms with Crippen LogP contribution in [0, 0.1) is 0 Å². The van der Waals surface area contributed by atoms with Crippen LogP contribution in [0.1, 0.15) is 48.6 Å². The number of sulfonamides is 2. The van der Waals surface area contributed by atoms with Crippen molar-refractivity contribution in [2.24, 2.45) is 0 Å². The number of benzene rings is 2. The minimum atomic E-state index is -3.84. The molecule has 0 spiro atoms. The summed E-state index contributed by atoms with van der Waals surface area (Å²) in [6.45, 7) is 1.24. The summed E-state index contributed by atoms with van der Waals surface area (Å²) < 4.78 is 86.0. The summed E-state index contributed by atoms with van der Waals surface area (Å²) in [4.78, 5) is 0. The normalized spacial score (nSPS) is 18.7. The molecule has 0 N–H and O–H groups in total. The first-order valence-electron chi connectivity index (χ1n) is 13.1. The van der Waals surface area contributed by atoms with Gasteiger partial charge in [0.05, 0.1) is 14.2 Å². The molecule has 2 aromatic rings. The first-order valence-corrected chi connectivity index (χ1v) is 17.6. The van der Waals surface area contributed by atoms with E-state index in [1.807, 2.05) is 48.5 Å². The van der Waals surface area contributed by atoms with Gasteiger partial charge >= 0.3 is 8.25 Å². The van der Waals surface area contributed by atoms with E-state index in [2.05, 4.69) is 0 Å². The molecule has 0 aromatic heterocycles. The predicted molar refractivity (Wildman–Crippen MR) is 152 cm³/mol. The van der Waals surface area contributed by atoms with Crippen LogP contribution in [-0.4, -0.2) is 77.7 Å². The molecule has 2 saturated heterocycles. The van der Waals surface area contributed by atoms with Gasteiger partial charge in [0, 0.05) is 26.2 Å². The van der Waals surface area contributed by atoms with Crippen molar-refractivity contribution in [1.29, 1.82) is 0 Å². The third-order valence-electron chi connectivity index (χ3n) is 7.52. The fourth-order valence-corrected chi connectivity index (χ4v) is 9.00. The molecule has 0 aliphatic carbocycles. The molecule has 40 heavy (non-hydrogen) atoms. The molecule has 2 fully saturated rings. The van der Waals surface area contributed by atoms with Crippen LogP contribution in [0.5, 0.6) is 11.5 Å². The van der Waals surface area contributed by atoms with Crippen LogP contribution in [0.15, 0.2) is 48.5 Å². The van der Waals surface area contributed by atoms with E-state index >= 15 is 0 Å². The number of nitrogens with zero attached hydrogens (tertiary/aromatic N) is 2. The minimum absolute atomic E-state index is 0.229. The topological polar surface area (TPSA) is 129 Å². The van der Waals surface area contributed by atoms with Crippen LogP contribution in [-0.2, 0) is 33.7 Å². The van der Waals surface area contributed by atoms with E-state index in [1.165, 1.54) is 8.61 Å². The Balaban J connectivity index is 1.18. The number of hydrogen-bond donors (Lipinski definition) is 0. The highest BCUT2D eigenvalue weighted by molar-refractivity contribution is 7.89. The molecule has 0 amide bonds. The van der Waals surface area contributed by atoms with Gasteiger partial charge in [-0.2, -0.15) is 8.61 Å². The molecule has 4 rings (SSSR count). The second kappa shape index (κ2) is 13.8. The summed E-state index contributed by atoms with van der Waals surface area (Å²) in [5.74, 6) is 0.330. The first kappa shape index (κ1) is 31.0.